The first-order valence-electron chi connectivity index (χ1n) is 8.59. The number of nitrogens with zero attached hydrogens (tertiary/aromatic N) is 2. The molecule has 0 aliphatic rings. The van der Waals surface area contributed by atoms with Crippen molar-refractivity contribution in [2.45, 2.75) is 0 Å². The second-order valence-corrected chi connectivity index (χ2v) is 6.55. The molecule has 138 valence electrons. The first-order chi connectivity index (χ1) is 13.6. The Bertz CT molecular complexity index is 1130. The normalized spacial score (nSPS) is 10.6. The highest BCUT2D eigenvalue weighted by atomic mass is 35.5. The lowest BCUT2D eigenvalue weighted by atomic mass is 10.1. The number of hydrogen-bond acceptors (Lipinski definition) is 2. The van der Waals surface area contributed by atoms with Gasteiger partial charge < -0.3 is 5.32 Å². The van der Waals surface area contributed by atoms with E-state index in [9.17, 15) is 9.18 Å². The Morgan fingerprint density at radius 2 is 1.64 bits per heavy atom. The average molecular weight is 392 g/mol. The zero-order valence-electron chi connectivity index (χ0n) is 14.6. The average Bonchev–Trinajstić information content (AvgIpc) is 3.17. The molecule has 4 aromatic rings. The van der Waals surface area contributed by atoms with Gasteiger partial charge in [0.25, 0.3) is 5.91 Å². The van der Waals surface area contributed by atoms with Gasteiger partial charge in [0.05, 0.1) is 16.9 Å². The molecule has 0 aliphatic carbocycles. The maximum atomic E-state index is 14.1. The van der Waals surface area contributed by atoms with Crippen molar-refractivity contribution in [2.75, 3.05) is 5.32 Å². The Kier molecular flexibility index (Phi) is 4.91. The van der Waals surface area contributed by atoms with E-state index in [4.69, 9.17) is 11.6 Å². The molecule has 1 amide bonds. The highest BCUT2D eigenvalue weighted by molar-refractivity contribution is 6.30. The number of halogens is 2. The molecule has 0 saturated carbocycles. The van der Waals surface area contributed by atoms with Gasteiger partial charge in [0.2, 0.25) is 0 Å². The largest absolute Gasteiger partial charge is 0.319 e. The van der Waals surface area contributed by atoms with Crippen LogP contribution < -0.4 is 5.32 Å². The van der Waals surface area contributed by atoms with Crippen LogP contribution in [0.5, 0.6) is 0 Å². The van der Waals surface area contributed by atoms with Crippen molar-refractivity contribution in [3.05, 3.63) is 101 Å². The van der Waals surface area contributed by atoms with Gasteiger partial charge in [0, 0.05) is 16.8 Å². The smallest absolute Gasteiger partial charge is 0.259 e. The van der Waals surface area contributed by atoms with E-state index < -0.39 is 11.7 Å². The van der Waals surface area contributed by atoms with Gasteiger partial charge in [-0.15, -0.1) is 0 Å². The number of para-hydroxylation sites is 1. The third-order valence-electron chi connectivity index (χ3n) is 4.21. The van der Waals surface area contributed by atoms with Gasteiger partial charge >= 0.3 is 0 Å². The van der Waals surface area contributed by atoms with Crippen molar-refractivity contribution >= 4 is 23.2 Å². The SMILES string of the molecule is O=C(Nc1ccc(Cl)cc1F)c1cn(-c2ccccc2)nc1-c1ccccc1. The van der Waals surface area contributed by atoms with Gasteiger partial charge in [0.1, 0.15) is 11.5 Å². The molecule has 1 aromatic heterocycles. The van der Waals surface area contributed by atoms with Gasteiger partial charge in [-0.3, -0.25) is 4.79 Å². The molecule has 28 heavy (non-hydrogen) atoms. The molecule has 0 aliphatic heterocycles. The molecular weight excluding hydrogens is 377 g/mol. The standard InChI is InChI=1S/C22H15ClFN3O/c23-16-11-12-20(19(24)13-16)25-22(28)18-14-27(17-9-5-2-6-10-17)26-21(18)15-7-3-1-4-8-15/h1-14H,(H,25,28). The van der Waals surface area contributed by atoms with Crippen LogP contribution in [0, 0.1) is 5.82 Å². The number of benzene rings is 3. The Balaban J connectivity index is 1.76. The highest BCUT2D eigenvalue weighted by Gasteiger charge is 2.19. The van der Waals surface area contributed by atoms with E-state index in [-0.39, 0.29) is 10.7 Å². The molecule has 3 aromatic carbocycles. The summed E-state index contributed by atoms with van der Waals surface area (Å²) in [6, 6.07) is 23.0. The van der Waals surface area contributed by atoms with E-state index in [0.717, 1.165) is 17.3 Å². The second-order valence-electron chi connectivity index (χ2n) is 6.12. The Morgan fingerprint density at radius 1 is 0.964 bits per heavy atom. The van der Waals surface area contributed by atoms with Crippen molar-refractivity contribution in [1.82, 2.24) is 9.78 Å². The Labute approximate surface area is 166 Å². The summed E-state index contributed by atoms with van der Waals surface area (Å²) in [7, 11) is 0. The third kappa shape index (κ3) is 3.66. The molecule has 1 heterocycles. The molecular formula is C22H15ClFN3O. The zero-order valence-corrected chi connectivity index (χ0v) is 15.4. The minimum Gasteiger partial charge on any atom is -0.319 e. The van der Waals surface area contributed by atoms with Crippen LogP contribution in [0.1, 0.15) is 10.4 Å². The summed E-state index contributed by atoms with van der Waals surface area (Å²) < 4.78 is 15.7. The zero-order chi connectivity index (χ0) is 19.5. The second kappa shape index (κ2) is 7.66. The molecule has 0 unspecified atom stereocenters. The van der Waals surface area contributed by atoms with Gasteiger partial charge in [0.15, 0.2) is 0 Å². The van der Waals surface area contributed by atoms with Crippen LogP contribution in [-0.4, -0.2) is 15.7 Å². The van der Waals surface area contributed by atoms with E-state index in [0.29, 0.717) is 11.3 Å². The number of nitrogens with one attached hydrogen (secondary N) is 1. The Morgan fingerprint density at radius 3 is 2.32 bits per heavy atom. The summed E-state index contributed by atoms with van der Waals surface area (Å²) in [6.45, 7) is 0. The van der Waals surface area contributed by atoms with Crippen molar-refractivity contribution in [1.29, 1.82) is 0 Å². The molecule has 0 bridgehead atoms. The number of aromatic nitrogens is 2. The van der Waals surface area contributed by atoms with Crippen molar-refractivity contribution in [3.8, 4) is 16.9 Å². The first kappa shape index (κ1) is 17.9. The molecule has 0 fully saturated rings. The molecule has 0 radical (unpaired) electrons. The molecule has 0 spiro atoms. The third-order valence-corrected chi connectivity index (χ3v) is 4.44. The predicted octanol–water partition coefficient (Wildman–Crippen LogP) is 5.58. The quantitative estimate of drug-likeness (QED) is 0.493. The topological polar surface area (TPSA) is 46.9 Å². The van der Waals surface area contributed by atoms with Gasteiger partial charge in [-0.1, -0.05) is 60.1 Å². The molecule has 0 atom stereocenters. The number of anilines is 1. The van der Waals surface area contributed by atoms with E-state index in [2.05, 4.69) is 10.4 Å². The number of carbonyl (C=O) groups excluding carboxylic acids is 1. The number of amides is 1. The number of hydrogen-bond donors (Lipinski definition) is 1. The predicted molar refractivity (Wildman–Crippen MR) is 108 cm³/mol. The fraction of sp³-hybridized carbons (Fsp3) is 0. The van der Waals surface area contributed by atoms with Gasteiger partial charge in [-0.2, -0.15) is 5.10 Å². The maximum Gasteiger partial charge on any atom is 0.259 e. The molecule has 4 nitrogen and oxygen atoms in total. The fourth-order valence-electron chi connectivity index (χ4n) is 2.84. The molecule has 1 N–H and O–H groups in total. The number of carbonyl (C=O) groups is 1. The van der Waals surface area contributed by atoms with Gasteiger partial charge in [-0.05, 0) is 30.3 Å². The minimum absolute atomic E-state index is 0.0564. The van der Waals surface area contributed by atoms with E-state index in [1.54, 1.807) is 10.9 Å². The highest BCUT2D eigenvalue weighted by Crippen LogP contribution is 2.26. The van der Waals surface area contributed by atoms with Crippen molar-refractivity contribution in [3.63, 3.8) is 0 Å². The van der Waals surface area contributed by atoms with E-state index >= 15 is 0 Å². The van der Waals surface area contributed by atoms with Crippen molar-refractivity contribution in [2.24, 2.45) is 0 Å². The monoisotopic (exact) mass is 391 g/mol. The summed E-state index contributed by atoms with van der Waals surface area (Å²) in [4.78, 5) is 12.9. The van der Waals surface area contributed by atoms with Crippen LogP contribution in [0.15, 0.2) is 85.1 Å². The van der Waals surface area contributed by atoms with Crippen LogP contribution in [0.2, 0.25) is 5.02 Å². The molecule has 4 rings (SSSR count). The summed E-state index contributed by atoms with van der Waals surface area (Å²) in [5, 5.41) is 7.46. The van der Waals surface area contributed by atoms with Crippen LogP contribution >= 0.6 is 11.6 Å². The van der Waals surface area contributed by atoms with E-state index in [1.165, 1.54) is 12.1 Å². The lowest BCUT2D eigenvalue weighted by Crippen LogP contribution is -2.13. The molecule has 6 heteroatoms. The summed E-state index contributed by atoms with van der Waals surface area (Å²) in [5.74, 6) is -1.06. The summed E-state index contributed by atoms with van der Waals surface area (Å²) in [6.07, 6.45) is 1.64. The summed E-state index contributed by atoms with van der Waals surface area (Å²) >= 11 is 5.78. The van der Waals surface area contributed by atoms with Gasteiger partial charge in [-0.25, -0.2) is 9.07 Å². The lowest BCUT2D eigenvalue weighted by molar-refractivity contribution is 0.102. The number of rotatable bonds is 4. The maximum absolute atomic E-state index is 14.1. The van der Waals surface area contributed by atoms with Crippen LogP contribution in [-0.2, 0) is 0 Å². The van der Waals surface area contributed by atoms with E-state index in [1.807, 2.05) is 60.7 Å². The molecule has 0 saturated heterocycles. The van der Waals surface area contributed by atoms with Crippen LogP contribution in [0.4, 0.5) is 10.1 Å². The lowest BCUT2D eigenvalue weighted by Gasteiger charge is -2.07. The van der Waals surface area contributed by atoms with Crippen LogP contribution in [0.25, 0.3) is 16.9 Å². The summed E-state index contributed by atoms with van der Waals surface area (Å²) in [5.41, 5.74) is 2.51. The first-order valence-corrected chi connectivity index (χ1v) is 8.96. The fourth-order valence-corrected chi connectivity index (χ4v) is 3.00. The van der Waals surface area contributed by atoms with Crippen LogP contribution in [0.3, 0.4) is 0 Å². The van der Waals surface area contributed by atoms with Crippen molar-refractivity contribution < 1.29 is 9.18 Å². The Hall–Kier alpha value is -3.44. The minimum atomic E-state index is -0.599.